The van der Waals surface area contributed by atoms with E-state index in [2.05, 4.69) is 197 Å². The van der Waals surface area contributed by atoms with E-state index in [-0.39, 0.29) is 33.8 Å². The molecule has 1 aliphatic carbocycles. The van der Waals surface area contributed by atoms with Gasteiger partial charge in [0.15, 0.2) is 0 Å². The van der Waals surface area contributed by atoms with Gasteiger partial charge in [0, 0.05) is 33.1 Å². The minimum absolute atomic E-state index is 0.0126. The Bertz CT molecular complexity index is 2530. The summed E-state index contributed by atoms with van der Waals surface area (Å²) in [5, 5.41) is 2.74. The maximum atomic E-state index is 2.63. The highest BCUT2D eigenvalue weighted by atomic mass is 32.1. The standard InChI is InChI=1S/C51H57BN2S/c1-47(2,3)31-17-21-34(22-18-31)53-40-25-19-33(49(7,8)9)28-39(40)52-44-36-27-32(48(4,5)6)20-26-43(36)55-46(44)54(42-16-14-15-41(53)45(42)52)35-23-24-37-38(29-35)51(12,13)30-50(37,10)11/h14-29H,30H2,1-13H3. The Morgan fingerprint density at radius 2 is 1.09 bits per heavy atom. The van der Waals surface area contributed by atoms with Crippen molar-refractivity contribution in [3.63, 3.8) is 0 Å². The molecule has 0 fully saturated rings. The molecule has 2 aliphatic heterocycles. The van der Waals surface area contributed by atoms with E-state index in [9.17, 15) is 0 Å². The number of hydrogen-bond acceptors (Lipinski definition) is 3. The van der Waals surface area contributed by atoms with Crippen molar-refractivity contribution >= 4 is 78.0 Å². The lowest BCUT2D eigenvalue weighted by Gasteiger charge is -2.43. The van der Waals surface area contributed by atoms with Gasteiger partial charge in [-0.3, -0.25) is 0 Å². The Balaban J connectivity index is 1.38. The molecule has 0 spiro atoms. The van der Waals surface area contributed by atoms with Gasteiger partial charge < -0.3 is 9.80 Å². The van der Waals surface area contributed by atoms with Crippen molar-refractivity contribution in [2.45, 2.75) is 124 Å². The summed E-state index contributed by atoms with van der Waals surface area (Å²) < 4.78 is 1.36. The molecule has 3 aliphatic rings. The molecule has 0 unspecified atom stereocenters. The van der Waals surface area contributed by atoms with Gasteiger partial charge in [0.1, 0.15) is 0 Å². The predicted molar refractivity (Wildman–Crippen MR) is 243 cm³/mol. The number of thiophene rings is 1. The molecule has 0 saturated carbocycles. The summed E-state index contributed by atoms with van der Waals surface area (Å²) in [6.07, 6.45) is 1.15. The fraction of sp³-hybridized carbons (Fsp3) is 0.373. The monoisotopic (exact) mass is 740 g/mol. The number of fused-ring (bicyclic) bond motifs is 7. The van der Waals surface area contributed by atoms with Crippen LogP contribution in [0.3, 0.4) is 0 Å². The Morgan fingerprint density at radius 3 is 1.75 bits per heavy atom. The van der Waals surface area contributed by atoms with Crippen molar-refractivity contribution in [3.8, 4) is 0 Å². The smallest absolute Gasteiger partial charge is 0.254 e. The molecule has 0 atom stereocenters. The van der Waals surface area contributed by atoms with Gasteiger partial charge in [-0.1, -0.05) is 139 Å². The summed E-state index contributed by atoms with van der Waals surface area (Å²) >= 11 is 1.97. The second-order valence-electron chi connectivity index (χ2n) is 21.1. The van der Waals surface area contributed by atoms with Gasteiger partial charge in [0.25, 0.3) is 6.71 Å². The summed E-state index contributed by atoms with van der Waals surface area (Å²) in [6, 6.07) is 38.4. The molecule has 4 heteroatoms. The zero-order valence-electron chi connectivity index (χ0n) is 35.3. The molecule has 0 bridgehead atoms. The van der Waals surface area contributed by atoms with Crippen molar-refractivity contribution in [1.82, 2.24) is 0 Å². The quantitative estimate of drug-likeness (QED) is 0.163. The van der Waals surface area contributed by atoms with Gasteiger partial charge in [-0.2, -0.15) is 0 Å². The van der Waals surface area contributed by atoms with Gasteiger partial charge in [0.2, 0.25) is 0 Å². The summed E-state index contributed by atoms with van der Waals surface area (Å²) in [5.74, 6) is 0. The zero-order chi connectivity index (χ0) is 39.2. The van der Waals surface area contributed by atoms with E-state index in [0.717, 1.165) is 6.42 Å². The molecule has 3 heterocycles. The van der Waals surface area contributed by atoms with Crippen LogP contribution < -0.4 is 26.2 Å². The van der Waals surface area contributed by atoms with Crippen LogP contribution in [0.2, 0.25) is 0 Å². The van der Waals surface area contributed by atoms with Crippen LogP contribution in [0.1, 0.15) is 124 Å². The Labute approximate surface area is 334 Å². The molecule has 1 aromatic heterocycles. The topological polar surface area (TPSA) is 6.48 Å². The molecule has 5 aromatic carbocycles. The largest absolute Gasteiger partial charge is 0.311 e. The first-order valence-electron chi connectivity index (χ1n) is 20.4. The van der Waals surface area contributed by atoms with Gasteiger partial charge in [-0.15, -0.1) is 11.3 Å². The van der Waals surface area contributed by atoms with E-state index in [1.807, 2.05) is 11.3 Å². The van der Waals surface area contributed by atoms with Crippen LogP contribution in [0.4, 0.5) is 33.4 Å². The summed E-state index contributed by atoms with van der Waals surface area (Å²) in [7, 11) is 0. The Morgan fingerprint density at radius 1 is 0.527 bits per heavy atom. The summed E-state index contributed by atoms with van der Waals surface area (Å²) in [4.78, 5) is 5.18. The highest BCUT2D eigenvalue weighted by Gasteiger charge is 2.47. The number of nitrogens with zero attached hydrogens (tertiary/aromatic N) is 2. The van der Waals surface area contributed by atoms with Crippen molar-refractivity contribution in [2.24, 2.45) is 0 Å². The number of benzene rings is 5. The molecule has 55 heavy (non-hydrogen) atoms. The first-order valence-corrected chi connectivity index (χ1v) is 21.2. The normalized spacial score (nSPS) is 16.9. The van der Waals surface area contributed by atoms with E-state index in [1.165, 1.54) is 87.7 Å². The van der Waals surface area contributed by atoms with E-state index >= 15 is 0 Å². The highest BCUT2D eigenvalue weighted by molar-refractivity contribution is 7.26. The van der Waals surface area contributed by atoms with Crippen LogP contribution in [-0.2, 0) is 27.1 Å². The second kappa shape index (κ2) is 11.6. The molecule has 0 saturated heterocycles. The van der Waals surface area contributed by atoms with E-state index in [1.54, 1.807) is 0 Å². The maximum absolute atomic E-state index is 2.63. The first kappa shape index (κ1) is 36.4. The summed E-state index contributed by atoms with van der Waals surface area (Å²) in [5.41, 5.74) is 18.0. The average molecular weight is 741 g/mol. The minimum atomic E-state index is 0.0126. The first-order chi connectivity index (χ1) is 25.6. The lowest BCUT2D eigenvalue weighted by molar-refractivity contribution is 0.403. The summed E-state index contributed by atoms with van der Waals surface area (Å²) in [6.45, 7) is 30.8. The fourth-order valence-corrected chi connectivity index (χ4v) is 11.4. The fourth-order valence-electron chi connectivity index (χ4n) is 10.2. The average Bonchev–Trinajstić information content (AvgIpc) is 3.56. The molecular weight excluding hydrogens is 683 g/mol. The molecule has 2 nitrogen and oxygen atoms in total. The third kappa shape index (κ3) is 5.56. The third-order valence-corrected chi connectivity index (χ3v) is 14.1. The highest BCUT2D eigenvalue weighted by Crippen LogP contribution is 2.53. The molecule has 0 N–H and O–H groups in total. The van der Waals surface area contributed by atoms with Crippen LogP contribution in [0, 0.1) is 0 Å². The SMILES string of the molecule is CC(C)(C)c1ccc(N2c3ccc(C(C)(C)C)cc3B3c4c2cccc4N(c2ccc4c(c2)C(C)(C)CC4(C)C)c2sc4ccc(C(C)(C)C)cc4c23)cc1. The number of anilines is 6. The Hall–Kier alpha value is -4.28. The Kier molecular flexibility index (Phi) is 7.69. The molecule has 9 rings (SSSR count). The second-order valence-corrected chi connectivity index (χ2v) is 22.1. The molecular formula is C51H57BN2S. The molecule has 280 valence electrons. The van der Waals surface area contributed by atoms with Crippen LogP contribution >= 0.6 is 11.3 Å². The van der Waals surface area contributed by atoms with Crippen molar-refractivity contribution in [2.75, 3.05) is 9.80 Å². The van der Waals surface area contributed by atoms with Gasteiger partial charge in [-0.05, 0) is 132 Å². The van der Waals surface area contributed by atoms with Crippen molar-refractivity contribution in [3.05, 3.63) is 125 Å². The van der Waals surface area contributed by atoms with Crippen LogP contribution in [-0.4, -0.2) is 6.71 Å². The lowest BCUT2D eigenvalue weighted by atomic mass is 9.33. The maximum Gasteiger partial charge on any atom is 0.254 e. The van der Waals surface area contributed by atoms with Crippen molar-refractivity contribution in [1.29, 1.82) is 0 Å². The van der Waals surface area contributed by atoms with Gasteiger partial charge in [-0.25, -0.2) is 0 Å². The third-order valence-electron chi connectivity index (χ3n) is 12.9. The van der Waals surface area contributed by atoms with E-state index in [0.29, 0.717) is 0 Å². The van der Waals surface area contributed by atoms with Crippen LogP contribution in [0.25, 0.3) is 10.1 Å². The molecule has 0 amide bonds. The number of hydrogen-bond donors (Lipinski definition) is 0. The minimum Gasteiger partial charge on any atom is -0.311 e. The molecule has 6 aromatic rings. The van der Waals surface area contributed by atoms with Crippen LogP contribution in [0.15, 0.2) is 97.1 Å². The van der Waals surface area contributed by atoms with Gasteiger partial charge in [0.05, 0.1) is 5.00 Å². The van der Waals surface area contributed by atoms with Crippen LogP contribution in [0.5, 0.6) is 0 Å². The van der Waals surface area contributed by atoms with E-state index < -0.39 is 0 Å². The number of rotatable bonds is 2. The van der Waals surface area contributed by atoms with E-state index in [4.69, 9.17) is 0 Å². The lowest BCUT2D eigenvalue weighted by Crippen LogP contribution is -2.61. The zero-order valence-corrected chi connectivity index (χ0v) is 36.1. The van der Waals surface area contributed by atoms with Crippen molar-refractivity contribution < 1.29 is 0 Å². The van der Waals surface area contributed by atoms with Gasteiger partial charge >= 0.3 is 0 Å². The predicted octanol–water partition coefficient (Wildman–Crippen LogP) is 12.8. The molecule has 0 radical (unpaired) electrons.